The molecule has 1 aliphatic rings. The first-order valence-electron chi connectivity index (χ1n) is 13.9. The minimum Gasteiger partial charge on any atom is -0.468 e. The number of esters is 1. The molecule has 218 valence electrons. The maximum atomic E-state index is 13.6. The van der Waals surface area contributed by atoms with Gasteiger partial charge < -0.3 is 14.8 Å². The smallest absolute Gasteiger partial charge is 0.408 e. The zero-order chi connectivity index (χ0) is 29.6. The first-order valence-corrected chi connectivity index (χ1v) is 15.4. The zero-order valence-corrected chi connectivity index (χ0v) is 24.8. The van der Waals surface area contributed by atoms with Gasteiger partial charge in [-0.3, -0.25) is 4.79 Å². The third-order valence-corrected chi connectivity index (χ3v) is 9.06. The maximum absolute atomic E-state index is 13.6. The fourth-order valence-corrected chi connectivity index (χ4v) is 6.92. The third-order valence-electron chi connectivity index (χ3n) is 7.17. The molecular formula is C32H38N2O6S. The monoisotopic (exact) mass is 578 g/mol. The van der Waals surface area contributed by atoms with Gasteiger partial charge in [0.05, 0.1) is 12.0 Å². The first kappa shape index (κ1) is 30.3. The summed E-state index contributed by atoms with van der Waals surface area (Å²) in [5.74, 6) is -0.614. The van der Waals surface area contributed by atoms with Crippen LogP contribution in [0.25, 0.3) is 11.1 Å². The Balaban J connectivity index is 1.37. The number of unbranched alkanes of at least 4 members (excludes halogenated alkanes) is 1. The molecule has 0 saturated carbocycles. The van der Waals surface area contributed by atoms with Crippen molar-refractivity contribution >= 4 is 22.1 Å². The van der Waals surface area contributed by atoms with Crippen LogP contribution in [0.2, 0.25) is 0 Å². The molecule has 1 aliphatic carbocycles. The number of methoxy groups -OCH3 is 1. The van der Waals surface area contributed by atoms with Gasteiger partial charge in [0.1, 0.15) is 6.04 Å². The van der Waals surface area contributed by atoms with E-state index < -0.39 is 34.2 Å². The van der Waals surface area contributed by atoms with Gasteiger partial charge in [0.25, 0.3) is 0 Å². The van der Waals surface area contributed by atoms with Crippen LogP contribution < -0.4 is 5.32 Å². The Morgan fingerprint density at radius 2 is 1.49 bits per heavy atom. The lowest BCUT2D eigenvalue weighted by atomic mass is 10.1. The van der Waals surface area contributed by atoms with Gasteiger partial charge in [0.2, 0.25) is 10.0 Å². The lowest BCUT2D eigenvalue weighted by Gasteiger charge is -2.30. The van der Waals surface area contributed by atoms with Crippen LogP contribution in [0.3, 0.4) is 0 Å². The summed E-state index contributed by atoms with van der Waals surface area (Å²) in [6.45, 7) is 6.18. The Kier molecular flexibility index (Phi) is 9.83. The summed E-state index contributed by atoms with van der Waals surface area (Å²) >= 11 is 0. The SMILES string of the molecule is COC(=O)[C@H](CCCCNC(=O)OC1c2ccccc2-c2ccccc21)N(CC(C)C)S(=O)(=O)c1ccc(C)cc1. The van der Waals surface area contributed by atoms with E-state index in [1.807, 2.05) is 69.3 Å². The van der Waals surface area contributed by atoms with Crippen molar-refractivity contribution in [1.82, 2.24) is 9.62 Å². The van der Waals surface area contributed by atoms with Gasteiger partial charge >= 0.3 is 12.1 Å². The topological polar surface area (TPSA) is 102 Å². The van der Waals surface area contributed by atoms with Gasteiger partial charge in [-0.15, -0.1) is 0 Å². The normalized spacial score (nSPS) is 13.5. The van der Waals surface area contributed by atoms with Crippen molar-refractivity contribution < 1.29 is 27.5 Å². The molecule has 0 spiro atoms. The molecular weight excluding hydrogens is 540 g/mol. The highest BCUT2D eigenvalue weighted by atomic mass is 32.2. The highest BCUT2D eigenvalue weighted by molar-refractivity contribution is 7.89. The van der Waals surface area contributed by atoms with E-state index in [2.05, 4.69) is 5.32 Å². The number of carbonyl (C=O) groups is 2. The summed E-state index contributed by atoms with van der Waals surface area (Å²) in [6, 6.07) is 21.4. The van der Waals surface area contributed by atoms with E-state index in [1.165, 1.54) is 11.4 Å². The molecule has 0 radical (unpaired) electrons. The van der Waals surface area contributed by atoms with Gasteiger partial charge in [0, 0.05) is 24.2 Å². The minimum atomic E-state index is -3.94. The van der Waals surface area contributed by atoms with Crippen molar-refractivity contribution in [2.45, 2.75) is 57.1 Å². The number of hydrogen-bond donors (Lipinski definition) is 1. The minimum absolute atomic E-state index is 0.00957. The lowest BCUT2D eigenvalue weighted by Crippen LogP contribution is -2.47. The molecule has 41 heavy (non-hydrogen) atoms. The van der Waals surface area contributed by atoms with Crippen LogP contribution in [-0.2, 0) is 24.3 Å². The molecule has 0 heterocycles. The van der Waals surface area contributed by atoms with E-state index in [1.54, 1.807) is 24.3 Å². The molecule has 0 unspecified atom stereocenters. The molecule has 1 amide bonds. The fourth-order valence-electron chi connectivity index (χ4n) is 5.15. The molecule has 1 atom stereocenters. The fraction of sp³-hybridized carbons (Fsp3) is 0.375. The Hall–Kier alpha value is -3.69. The Bertz CT molecular complexity index is 1420. The predicted molar refractivity (Wildman–Crippen MR) is 158 cm³/mol. The Morgan fingerprint density at radius 3 is 2.05 bits per heavy atom. The van der Waals surface area contributed by atoms with Crippen LogP contribution in [0.4, 0.5) is 4.79 Å². The summed E-state index contributed by atoms with van der Waals surface area (Å²) < 4.78 is 39.3. The van der Waals surface area contributed by atoms with E-state index in [-0.39, 0.29) is 23.8 Å². The van der Waals surface area contributed by atoms with Gasteiger partial charge in [0.15, 0.2) is 6.10 Å². The van der Waals surface area contributed by atoms with E-state index in [4.69, 9.17) is 9.47 Å². The lowest BCUT2D eigenvalue weighted by molar-refractivity contribution is -0.145. The maximum Gasteiger partial charge on any atom is 0.408 e. The molecule has 8 nitrogen and oxygen atoms in total. The van der Waals surface area contributed by atoms with Crippen LogP contribution in [0.15, 0.2) is 77.7 Å². The van der Waals surface area contributed by atoms with Crippen molar-refractivity contribution in [2.75, 3.05) is 20.2 Å². The summed E-state index contributed by atoms with van der Waals surface area (Å²) in [5, 5.41) is 2.80. The number of nitrogens with zero attached hydrogens (tertiary/aromatic N) is 1. The quantitative estimate of drug-likeness (QED) is 0.214. The number of benzene rings is 3. The number of nitrogens with one attached hydrogen (secondary N) is 1. The molecule has 0 aliphatic heterocycles. The number of rotatable bonds is 12. The predicted octanol–water partition coefficient (Wildman–Crippen LogP) is 5.85. The number of amides is 1. The van der Waals surface area contributed by atoms with Crippen molar-refractivity contribution in [3.8, 4) is 11.1 Å². The standard InChI is InChI=1S/C32H38N2O6S/c1-22(2)21-34(41(37,38)24-18-16-23(3)17-19-24)29(31(35)39-4)15-9-10-20-33-32(36)40-30-27-13-7-5-11-25(27)26-12-6-8-14-28(26)30/h5-8,11-14,16-19,22,29-30H,9-10,15,20-21H2,1-4H3,(H,33,36)/t29-/m0/s1. The number of carbonyl (C=O) groups excluding carboxylic acids is 2. The van der Waals surface area contributed by atoms with Crippen LogP contribution in [0.5, 0.6) is 0 Å². The summed E-state index contributed by atoms with van der Waals surface area (Å²) in [5.41, 5.74) is 4.95. The van der Waals surface area contributed by atoms with E-state index >= 15 is 0 Å². The van der Waals surface area contributed by atoms with Crippen molar-refractivity contribution in [3.63, 3.8) is 0 Å². The van der Waals surface area contributed by atoms with Crippen molar-refractivity contribution in [1.29, 1.82) is 0 Å². The summed E-state index contributed by atoms with van der Waals surface area (Å²) in [4.78, 5) is 25.7. The van der Waals surface area contributed by atoms with Crippen LogP contribution in [0.1, 0.15) is 55.9 Å². The second-order valence-electron chi connectivity index (χ2n) is 10.7. The number of fused-ring (bicyclic) bond motifs is 3. The highest BCUT2D eigenvalue weighted by Gasteiger charge is 2.37. The van der Waals surface area contributed by atoms with Gasteiger partial charge in [-0.1, -0.05) is 80.1 Å². The van der Waals surface area contributed by atoms with Crippen LogP contribution >= 0.6 is 0 Å². The number of ether oxygens (including phenoxy) is 2. The van der Waals surface area contributed by atoms with Gasteiger partial charge in [-0.05, 0) is 55.4 Å². The van der Waals surface area contributed by atoms with Crippen LogP contribution in [0, 0.1) is 12.8 Å². The highest BCUT2D eigenvalue weighted by Crippen LogP contribution is 2.45. The Morgan fingerprint density at radius 1 is 0.902 bits per heavy atom. The number of alkyl carbamates (subject to hydrolysis) is 1. The van der Waals surface area contributed by atoms with E-state index in [0.29, 0.717) is 19.4 Å². The molecule has 4 rings (SSSR count). The molecule has 0 bridgehead atoms. The van der Waals surface area contributed by atoms with Gasteiger partial charge in [-0.2, -0.15) is 4.31 Å². The molecule has 9 heteroatoms. The van der Waals surface area contributed by atoms with Crippen LogP contribution in [-0.4, -0.2) is 51.0 Å². The first-order chi connectivity index (χ1) is 19.6. The van der Waals surface area contributed by atoms with Crippen molar-refractivity contribution in [2.24, 2.45) is 5.92 Å². The van der Waals surface area contributed by atoms with Gasteiger partial charge in [-0.25, -0.2) is 13.2 Å². The molecule has 0 aromatic heterocycles. The Labute approximate surface area is 242 Å². The number of hydrogen-bond acceptors (Lipinski definition) is 6. The molecule has 0 fully saturated rings. The molecule has 1 N–H and O–H groups in total. The summed E-state index contributed by atoms with van der Waals surface area (Å²) in [7, 11) is -2.68. The largest absolute Gasteiger partial charge is 0.468 e. The second kappa shape index (κ2) is 13.3. The average Bonchev–Trinajstić information content (AvgIpc) is 3.27. The third kappa shape index (κ3) is 6.97. The number of aryl methyl sites for hydroxylation is 1. The average molecular weight is 579 g/mol. The molecule has 3 aromatic carbocycles. The summed E-state index contributed by atoms with van der Waals surface area (Å²) in [6.07, 6.45) is 0.259. The number of sulfonamides is 1. The van der Waals surface area contributed by atoms with E-state index in [9.17, 15) is 18.0 Å². The van der Waals surface area contributed by atoms with Crippen molar-refractivity contribution in [3.05, 3.63) is 89.5 Å². The second-order valence-corrected chi connectivity index (χ2v) is 12.6. The van der Waals surface area contributed by atoms with E-state index in [0.717, 1.165) is 27.8 Å². The molecule has 3 aromatic rings. The zero-order valence-electron chi connectivity index (χ0n) is 24.0. The molecule has 0 saturated heterocycles.